The van der Waals surface area contributed by atoms with E-state index in [0.717, 1.165) is 34.2 Å². The minimum Gasteiger partial charge on any atom is -0.305 e. The molecule has 1 saturated heterocycles. The SMILES string of the molecule is CS(=O)N1CC2(C1)C(=O)N(Cc1ncc3ccccc3c1-c1ccc(C(F)(F)F)cc1)c1ccccc12. The van der Waals surface area contributed by atoms with E-state index in [1.54, 1.807) is 21.7 Å². The van der Waals surface area contributed by atoms with Gasteiger partial charge in [0.1, 0.15) is 5.41 Å². The minimum atomic E-state index is -4.43. The first-order valence-corrected chi connectivity index (χ1v) is 13.2. The Labute approximate surface area is 214 Å². The first-order valence-electron chi connectivity index (χ1n) is 11.7. The van der Waals surface area contributed by atoms with Crippen LogP contribution in [0.2, 0.25) is 0 Å². The number of halogens is 3. The number of benzene rings is 3. The van der Waals surface area contributed by atoms with Crippen LogP contribution in [0.15, 0.2) is 79.0 Å². The predicted molar refractivity (Wildman–Crippen MR) is 137 cm³/mol. The molecule has 0 N–H and O–H groups in total. The van der Waals surface area contributed by atoms with Crippen LogP contribution < -0.4 is 4.90 Å². The Balaban J connectivity index is 1.45. The molecule has 1 spiro atoms. The first-order chi connectivity index (χ1) is 17.7. The molecule has 1 aromatic heterocycles. The molecular weight excluding hydrogens is 499 g/mol. The minimum absolute atomic E-state index is 0.0799. The highest BCUT2D eigenvalue weighted by Gasteiger charge is 2.58. The lowest BCUT2D eigenvalue weighted by atomic mass is 9.76. The second kappa shape index (κ2) is 8.49. The molecule has 1 amide bonds. The maximum absolute atomic E-state index is 13.9. The van der Waals surface area contributed by atoms with E-state index in [1.165, 1.54) is 12.1 Å². The topological polar surface area (TPSA) is 53.5 Å². The van der Waals surface area contributed by atoms with E-state index in [-0.39, 0.29) is 12.5 Å². The van der Waals surface area contributed by atoms with Gasteiger partial charge in [0.15, 0.2) is 0 Å². The molecule has 1 fully saturated rings. The zero-order valence-electron chi connectivity index (χ0n) is 19.8. The number of hydrogen-bond donors (Lipinski definition) is 0. The fourth-order valence-electron chi connectivity index (χ4n) is 5.42. The van der Waals surface area contributed by atoms with Crippen LogP contribution in [-0.4, -0.2) is 38.8 Å². The van der Waals surface area contributed by atoms with Gasteiger partial charge in [0.2, 0.25) is 5.91 Å². The Kier molecular flexibility index (Phi) is 5.47. The lowest BCUT2D eigenvalue weighted by Crippen LogP contribution is -2.63. The van der Waals surface area contributed by atoms with Gasteiger partial charge in [0.05, 0.1) is 28.8 Å². The quantitative estimate of drug-likeness (QED) is 0.366. The molecule has 3 heterocycles. The number of anilines is 1. The lowest BCUT2D eigenvalue weighted by molar-refractivity contribution is -0.137. The number of amides is 1. The number of aromatic nitrogens is 1. The van der Waals surface area contributed by atoms with E-state index < -0.39 is 28.1 Å². The van der Waals surface area contributed by atoms with E-state index >= 15 is 0 Å². The number of nitrogens with zero attached hydrogens (tertiary/aromatic N) is 3. The third kappa shape index (κ3) is 3.76. The highest BCUT2D eigenvalue weighted by atomic mass is 32.2. The largest absolute Gasteiger partial charge is 0.416 e. The van der Waals surface area contributed by atoms with Crippen molar-refractivity contribution < 1.29 is 22.2 Å². The summed E-state index contributed by atoms with van der Waals surface area (Å²) in [4.78, 5) is 20.2. The van der Waals surface area contributed by atoms with Crippen LogP contribution >= 0.6 is 0 Å². The van der Waals surface area contributed by atoms with E-state index in [0.29, 0.717) is 29.9 Å². The maximum Gasteiger partial charge on any atom is 0.416 e. The summed E-state index contributed by atoms with van der Waals surface area (Å²) in [5, 5.41) is 1.70. The molecular formula is C28H22F3N3O2S. The molecule has 2 aliphatic heterocycles. The predicted octanol–water partition coefficient (Wildman–Crippen LogP) is 5.31. The Hall–Kier alpha value is -3.56. The third-order valence-corrected chi connectivity index (χ3v) is 8.29. The van der Waals surface area contributed by atoms with Crippen molar-refractivity contribution in [3.8, 4) is 11.1 Å². The average molecular weight is 522 g/mol. The van der Waals surface area contributed by atoms with Crippen molar-refractivity contribution in [3.05, 3.63) is 95.8 Å². The van der Waals surface area contributed by atoms with Gasteiger partial charge in [-0.05, 0) is 34.7 Å². The summed E-state index contributed by atoms with van der Waals surface area (Å²) >= 11 is 0. The molecule has 0 aliphatic carbocycles. The monoisotopic (exact) mass is 521 g/mol. The smallest absolute Gasteiger partial charge is 0.305 e. The highest BCUT2D eigenvalue weighted by molar-refractivity contribution is 7.81. The molecule has 9 heteroatoms. The van der Waals surface area contributed by atoms with Crippen LogP contribution in [0.3, 0.4) is 0 Å². The van der Waals surface area contributed by atoms with Gasteiger partial charge < -0.3 is 4.90 Å². The number of hydrogen-bond acceptors (Lipinski definition) is 3. The van der Waals surface area contributed by atoms with Crippen molar-refractivity contribution in [2.45, 2.75) is 18.1 Å². The van der Waals surface area contributed by atoms with Crippen LogP contribution in [-0.2, 0) is 33.9 Å². The molecule has 4 aromatic rings. The number of carbonyl (C=O) groups excluding carboxylic acids is 1. The number of fused-ring (bicyclic) bond motifs is 3. The van der Waals surface area contributed by atoms with Crippen LogP contribution in [0, 0.1) is 0 Å². The Morgan fingerprint density at radius 1 is 0.973 bits per heavy atom. The Morgan fingerprint density at radius 3 is 2.35 bits per heavy atom. The second-order valence-corrected chi connectivity index (χ2v) is 10.8. The van der Waals surface area contributed by atoms with E-state index in [1.807, 2.05) is 48.5 Å². The molecule has 3 aromatic carbocycles. The van der Waals surface area contributed by atoms with Gasteiger partial charge in [0.25, 0.3) is 0 Å². The van der Waals surface area contributed by atoms with Gasteiger partial charge in [-0.2, -0.15) is 13.2 Å². The molecule has 1 unspecified atom stereocenters. The van der Waals surface area contributed by atoms with Crippen molar-refractivity contribution in [3.63, 3.8) is 0 Å². The summed E-state index contributed by atoms with van der Waals surface area (Å²) in [5.74, 6) is -0.0799. The number of pyridine rings is 1. The van der Waals surface area contributed by atoms with Gasteiger partial charge in [-0.25, -0.2) is 8.51 Å². The number of alkyl halides is 3. The van der Waals surface area contributed by atoms with Gasteiger partial charge in [0, 0.05) is 42.2 Å². The molecule has 188 valence electrons. The van der Waals surface area contributed by atoms with Crippen molar-refractivity contribution in [1.82, 2.24) is 9.29 Å². The fraction of sp³-hybridized carbons (Fsp3) is 0.214. The van der Waals surface area contributed by atoms with E-state index in [9.17, 15) is 22.2 Å². The maximum atomic E-state index is 13.9. The van der Waals surface area contributed by atoms with Gasteiger partial charge in [-0.3, -0.25) is 9.78 Å². The van der Waals surface area contributed by atoms with Crippen LogP contribution in [0.1, 0.15) is 16.8 Å². The average Bonchev–Trinajstić information content (AvgIpc) is 3.10. The van der Waals surface area contributed by atoms with Crippen LogP contribution in [0.4, 0.5) is 18.9 Å². The van der Waals surface area contributed by atoms with Crippen molar-refractivity contribution in [1.29, 1.82) is 0 Å². The number of rotatable bonds is 4. The zero-order valence-corrected chi connectivity index (χ0v) is 20.6. The molecule has 2 aliphatic rings. The molecule has 1 atom stereocenters. The van der Waals surface area contributed by atoms with Crippen LogP contribution in [0.25, 0.3) is 21.9 Å². The standard InChI is InChI=1S/C28H22F3N3O2S/c1-37(36)33-16-27(17-33)22-8-4-5-9-24(22)34(26(27)35)15-23-25(21-7-3-2-6-19(21)14-32-23)18-10-12-20(13-11-18)28(29,30)31/h2-14H,15-17H2,1H3. The normalized spacial score (nSPS) is 17.7. The van der Waals surface area contributed by atoms with Crippen LogP contribution in [0.5, 0.6) is 0 Å². The van der Waals surface area contributed by atoms with Crippen molar-refractivity contribution in [2.24, 2.45) is 0 Å². The summed E-state index contributed by atoms with van der Waals surface area (Å²) < 4.78 is 53.4. The summed E-state index contributed by atoms with van der Waals surface area (Å²) in [5.41, 5.74) is 2.09. The van der Waals surface area contributed by atoms with E-state index in [4.69, 9.17) is 0 Å². The summed E-state index contributed by atoms with van der Waals surface area (Å²) in [6.45, 7) is 0.909. The molecule has 0 saturated carbocycles. The number of para-hydroxylation sites is 1. The lowest BCUT2D eigenvalue weighted by Gasteiger charge is -2.45. The van der Waals surface area contributed by atoms with Crippen molar-refractivity contribution in [2.75, 3.05) is 24.2 Å². The fourth-order valence-corrected chi connectivity index (χ4v) is 6.22. The Morgan fingerprint density at radius 2 is 1.65 bits per heavy atom. The molecule has 0 radical (unpaired) electrons. The van der Waals surface area contributed by atoms with Gasteiger partial charge in [-0.15, -0.1) is 0 Å². The summed E-state index contributed by atoms with van der Waals surface area (Å²) in [7, 11) is -1.17. The van der Waals surface area contributed by atoms with Crippen molar-refractivity contribution >= 4 is 33.4 Å². The number of carbonyl (C=O) groups is 1. The first kappa shape index (κ1) is 23.8. The van der Waals surface area contributed by atoms with E-state index in [2.05, 4.69) is 4.98 Å². The van der Waals surface area contributed by atoms with Gasteiger partial charge in [-0.1, -0.05) is 54.6 Å². The molecule has 6 rings (SSSR count). The molecule has 37 heavy (non-hydrogen) atoms. The third-order valence-electron chi connectivity index (χ3n) is 7.31. The second-order valence-electron chi connectivity index (χ2n) is 9.45. The van der Waals surface area contributed by atoms with Gasteiger partial charge >= 0.3 is 6.18 Å². The highest BCUT2D eigenvalue weighted by Crippen LogP contribution is 2.48. The molecule has 5 nitrogen and oxygen atoms in total. The molecule has 0 bridgehead atoms. The summed E-state index contributed by atoms with van der Waals surface area (Å²) in [6.07, 6.45) is -1.10. The summed E-state index contributed by atoms with van der Waals surface area (Å²) in [6, 6.07) is 20.2. The zero-order chi connectivity index (χ0) is 25.9. The Bertz CT molecular complexity index is 1560.